The second kappa shape index (κ2) is 14.0. The molecule has 5 heteroatoms. The van der Waals surface area contributed by atoms with Gasteiger partial charge in [0.15, 0.2) is 0 Å². The fourth-order valence-electron chi connectivity index (χ4n) is 4.99. The minimum atomic E-state index is -0.362. The molecule has 0 radical (unpaired) electrons. The Kier molecular flexibility index (Phi) is 10.2. The summed E-state index contributed by atoms with van der Waals surface area (Å²) in [4.78, 5) is 23.3. The Morgan fingerprint density at radius 1 is 0.625 bits per heavy atom. The summed E-state index contributed by atoms with van der Waals surface area (Å²) in [5, 5.41) is 0. The van der Waals surface area contributed by atoms with Crippen molar-refractivity contribution >= 4 is 11.9 Å². The minimum Gasteiger partial charge on any atom is -0.494 e. The third-order valence-corrected chi connectivity index (χ3v) is 7.54. The van der Waals surface area contributed by atoms with Crippen molar-refractivity contribution in [3.05, 3.63) is 118 Å². The summed E-state index contributed by atoms with van der Waals surface area (Å²) >= 11 is 0. The van der Waals surface area contributed by atoms with Gasteiger partial charge < -0.3 is 14.2 Å². The molecule has 4 aliphatic carbocycles. The van der Waals surface area contributed by atoms with E-state index in [2.05, 4.69) is 55.7 Å². The van der Waals surface area contributed by atoms with Crippen LogP contribution in [0.2, 0.25) is 0 Å². The van der Waals surface area contributed by atoms with Gasteiger partial charge in [-0.1, -0.05) is 55.2 Å². The zero-order valence-corrected chi connectivity index (χ0v) is 23.9. The third-order valence-electron chi connectivity index (χ3n) is 7.54. The molecule has 0 heterocycles. The highest BCUT2D eigenvalue weighted by atomic mass is 16.5. The quantitative estimate of drug-likeness (QED) is 0.196. The average Bonchev–Trinajstić information content (AvgIpc) is 2.97. The molecule has 40 heavy (non-hydrogen) atoms. The predicted octanol–water partition coefficient (Wildman–Crippen LogP) is 8.13. The van der Waals surface area contributed by atoms with E-state index in [4.69, 9.17) is 14.2 Å². The summed E-state index contributed by atoms with van der Waals surface area (Å²) in [6.07, 6.45) is 25.4. The summed E-state index contributed by atoms with van der Waals surface area (Å²) < 4.78 is 16.7. The molecule has 0 aliphatic heterocycles. The van der Waals surface area contributed by atoms with Crippen LogP contribution >= 0.6 is 0 Å². The van der Waals surface area contributed by atoms with Gasteiger partial charge in [-0.25, -0.2) is 9.59 Å². The number of esters is 2. The molecule has 0 spiro atoms. The Hall–Kier alpha value is -3.86. The maximum atomic E-state index is 11.7. The molecule has 0 aromatic carbocycles. The lowest BCUT2D eigenvalue weighted by atomic mass is 9.87. The number of rotatable bonds is 11. The van der Waals surface area contributed by atoms with Crippen molar-refractivity contribution < 1.29 is 23.8 Å². The van der Waals surface area contributed by atoms with E-state index in [9.17, 15) is 9.59 Å². The number of carbonyl (C=O) groups is 2. The van der Waals surface area contributed by atoms with Gasteiger partial charge >= 0.3 is 11.9 Å². The van der Waals surface area contributed by atoms with Crippen molar-refractivity contribution in [1.29, 1.82) is 0 Å². The van der Waals surface area contributed by atoms with E-state index in [1.54, 1.807) is 13.8 Å². The fourth-order valence-corrected chi connectivity index (χ4v) is 4.99. The van der Waals surface area contributed by atoms with Crippen LogP contribution in [-0.2, 0) is 23.8 Å². The number of carbonyl (C=O) groups excluding carboxylic acids is 2. The molecule has 5 nitrogen and oxygen atoms in total. The third kappa shape index (κ3) is 8.32. The van der Waals surface area contributed by atoms with Crippen molar-refractivity contribution in [2.24, 2.45) is 0 Å². The number of hydrogen-bond acceptors (Lipinski definition) is 5. The molecule has 0 bridgehead atoms. The number of allylic oxidation sites excluding steroid dienone is 14. The Morgan fingerprint density at radius 2 is 1.12 bits per heavy atom. The Labute approximate surface area is 238 Å². The van der Waals surface area contributed by atoms with E-state index in [0.717, 1.165) is 63.5 Å². The van der Waals surface area contributed by atoms with Gasteiger partial charge in [-0.15, -0.1) is 0 Å². The molecular formula is C35H40O5. The smallest absolute Gasteiger partial charge is 0.338 e. The highest BCUT2D eigenvalue weighted by molar-refractivity contribution is 5.87. The monoisotopic (exact) mass is 540 g/mol. The lowest BCUT2D eigenvalue weighted by molar-refractivity contribution is -0.139. The molecule has 0 N–H and O–H groups in total. The zero-order valence-electron chi connectivity index (χ0n) is 23.9. The molecule has 210 valence electrons. The molecule has 4 rings (SSSR count). The SMILES string of the molecule is C=C(C)C(=O)OCCC1=CC=C(C2=CC=C(COC3=CC=C(C4=CC=C(OC(=O)C(=C)C)CC4)CC3)CC2)CC1. The first kappa shape index (κ1) is 29.1. The van der Waals surface area contributed by atoms with Crippen LogP contribution in [0.25, 0.3) is 0 Å². The van der Waals surface area contributed by atoms with Crippen LogP contribution in [0.5, 0.6) is 0 Å². The summed E-state index contributed by atoms with van der Waals surface area (Å²) in [6.45, 7) is 11.6. The summed E-state index contributed by atoms with van der Waals surface area (Å²) in [5.74, 6) is 1.05. The van der Waals surface area contributed by atoms with Gasteiger partial charge in [0.2, 0.25) is 0 Å². The van der Waals surface area contributed by atoms with Crippen LogP contribution in [0, 0.1) is 0 Å². The highest BCUT2D eigenvalue weighted by Crippen LogP contribution is 2.33. The molecule has 0 aromatic heterocycles. The Morgan fingerprint density at radius 3 is 1.60 bits per heavy atom. The van der Waals surface area contributed by atoms with Crippen LogP contribution in [0.3, 0.4) is 0 Å². The van der Waals surface area contributed by atoms with E-state index in [0.29, 0.717) is 30.1 Å². The molecular weight excluding hydrogens is 500 g/mol. The van der Waals surface area contributed by atoms with Crippen LogP contribution in [-0.4, -0.2) is 25.2 Å². The van der Waals surface area contributed by atoms with Crippen molar-refractivity contribution in [2.75, 3.05) is 13.2 Å². The van der Waals surface area contributed by atoms with Gasteiger partial charge in [-0.2, -0.15) is 0 Å². The minimum absolute atomic E-state index is 0.317. The lowest BCUT2D eigenvalue weighted by Gasteiger charge is -2.22. The van der Waals surface area contributed by atoms with Crippen LogP contribution < -0.4 is 0 Å². The fraction of sp³-hybridized carbons (Fsp3) is 0.371. The van der Waals surface area contributed by atoms with Crippen molar-refractivity contribution in [2.45, 2.75) is 71.6 Å². The van der Waals surface area contributed by atoms with Gasteiger partial charge in [0.1, 0.15) is 12.4 Å². The van der Waals surface area contributed by atoms with E-state index < -0.39 is 0 Å². The first-order valence-electron chi connectivity index (χ1n) is 14.2. The van der Waals surface area contributed by atoms with Crippen molar-refractivity contribution in [3.63, 3.8) is 0 Å². The number of ether oxygens (including phenoxy) is 3. The molecule has 0 fully saturated rings. The number of hydrogen-bond donors (Lipinski definition) is 0. The van der Waals surface area contributed by atoms with Crippen LogP contribution in [0.15, 0.2) is 118 Å². The summed E-state index contributed by atoms with van der Waals surface area (Å²) in [7, 11) is 0. The molecule has 0 saturated heterocycles. The molecule has 0 aromatic rings. The maximum absolute atomic E-state index is 11.7. The van der Waals surface area contributed by atoms with Gasteiger partial charge in [0.25, 0.3) is 0 Å². The van der Waals surface area contributed by atoms with Gasteiger partial charge in [-0.3, -0.25) is 0 Å². The zero-order chi connectivity index (χ0) is 28.5. The molecule has 0 unspecified atom stereocenters. The van der Waals surface area contributed by atoms with Crippen LogP contribution in [0.1, 0.15) is 71.6 Å². The molecule has 0 amide bonds. The summed E-state index contributed by atoms with van der Waals surface area (Å²) in [5.41, 5.74) is 8.92. The van der Waals surface area contributed by atoms with Gasteiger partial charge in [0.05, 0.1) is 12.4 Å². The van der Waals surface area contributed by atoms with Crippen molar-refractivity contribution in [1.82, 2.24) is 0 Å². The first-order chi connectivity index (χ1) is 19.3. The Bertz CT molecular complexity index is 1320. The second-order valence-electron chi connectivity index (χ2n) is 10.8. The van der Waals surface area contributed by atoms with E-state index in [1.807, 2.05) is 6.08 Å². The van der Waals surface area contributed by atoms with Gasteiger partial charge in [0, 0.05) is 30.4 Å². The van der Waals surface area contributed by atoms with E-state index in [-0.39, 0.29) is 11.9 Å². The largest absolute Gasteiger partial charge is 0.494 e. The lowest BCUT2D eigenvalue weighted by Crippen LogP contribution is -2.09. The van der Waals surface area contributed by atoms with Gasteiger partial charge in [-0.05, 0) is 92.4 Å². The second-order valence-corrected chi connectivity index (χ2v) is 10.8. The van der Waals surface area contributed by atoms with E-state index in [1.165, 1.54) is 33.4 Å². The maximum Gasteiger partial charge on any atom is 0.338 e. The molecule has 4 aliphatic rings. The summed E-state index contributed by atoms with van der Waals surface area (Å²) in [6, 6.07) is 0. The standard InChI is InChI=1S/C35H40O5/c1-24(2)34(36)38-22-21-26-5-9-28(10-6-26)29-11-7-27(8-12-29)23-39-32-17-13-30(14-18-32)31-15-19-33(20-16-31)40-35(37)25(3)4/h5,7,9,11,13,15,17,19H,1,3,6,8,10,12,14,16,18,20-23H2,2,4H3. The first-order valence-corrected chi connectivity index (χ1v) is 14.2. The van der Waals surface area contributed by atoms with Crippen LogP contribution in [0.4, 0.5) is 0 Å². The average molecular weight is 541 g/mol. The topological polar surface area (TPSA) is 61.8 Å². The highest BCUT2D eigenvalue weighted by Gasteiger charge is 2.18. The Balaban J connectivity index is 1.24. The predicted molar refractivity (Wildman–Crippen MR) is 159 cm³/mol. The van der Waals surface area contributed by atoms with Crippen molar-refractivity contribution in [3.8, 4) is 0 Å². The molecule has 0 atom stereocenters. The van der Waals surface area contributed by atoms with E-state index >= 15 is 0 Å². The molecule has 0 saturated carbocycles. The normalized spacial score (nSPS) is 18.9.